The Hall–Kier alpha value is -2.17. The highest BCUT2D eigenvalue weighted by atomic mass is 16.5. The van der Waals surface area contributed by atoms with Gasteiger partial charge in [0, 0.05) is 0 Å². The summed E-state index contributed by atoms with van der Waals surface area (Å²) in [4.78, 5) is 34.4. The number of carbonyl (C=O) groups excluding carboxylic acids is 3. The lowest BCUT2D eigenvalue weighted by Gasteiger charge is -2.15. The van der Waals surface area contributed by atoms with Crippen LogP contribution >= 0.6 is 0 Å². The topological polar surface area (TPSA) is 72.5 Å². The van der Waals surface area contributed by atoms with E-state index in [1.165, 1.54) is 6.92 Å². The molecule has 5 heteroatoms. The molecule has 0 aliphatic heterocycles. The van der Waals surface area contributed by atoms with Gasteiger partial charge < -0.3 is 10.1 Å². The molecule has 0 aliphatic rings. The average Bonchev–Trinajstić information content (AvgIpc) is 2.39. The van der Waals surface area contributed by atoms with Crippen molar-refractivity contribution in [2.24, 2.45) is 0 Å². The van der Waals surface area contributed by atoms with E-state index in [4.69, 9.17) is 0 Å². The SMILES string of the molecule is CCOC(=O)CC(=O)NC(Cc1ccccc1)C(C)=O. The molecule has 0 aliphatic carbocycles. The highest BCUT2D eigenvalue weighted by Gasteiger charge is 2.19. The second kappa shape index (κ2) is 8.09. The molecule has 1 aromatic rings. The molecule has 0 heterocycles. The van der Waals surface area contributed by atoms with Gasteiger partial charge in [-0.15, -0.1) is 0 Å². The zero-order valence-electron chi connectivity index (χ0n) is 11.7. The summed E-state index contributed by atoms with van der Waals surface area (Å²) < 4.78 is 4.69. The number of ether oxygens (including phenoxy) is 1. The number of Topliss-reactive ketones (excluding diaryl/α,β-unsaturated/α-hetero) is 1. The zero-order valence-corrected chi connectivity index (χ0v) is 11.7. The summed E-state index contributed by atoms with van der Waals surface area (Å²) in [5.74, 6) is -1.24. The van der Waals surface area contributed by atoms with Crippen LogP contribution in [0.25, 0.3) is 0 Å². The van der Waals surface area contributed by atoms with Gasteiger partial charge in [0.15, 0.2) is 5.78 Å². The van der Waals surface area contributed by atoms with E-state index in [9.17, 15) is 14.4 Å². The second-order valence-electron chi connectivity index (χ2n) is 4.40. The summed E-state index contributed by atoms with van der Waals surface area (Å²) in [6.45, 7) is 3.31. The van der Waals surface area contributed by atoms with Crippen molar-refractivity contribution in [3.63, 3.8) is 0 Å². The Morgan fingerprint density at radius 1 is 1.20 bits per heavy atom. The lowest BCUT2D eigenvalue weighted by atomic mass is 10.0. The third-order valence-corrected chi connectivity index (χ3v) is 2.72. The molecule has 1 aromatic carbocycles. The van der Waals surface area contributed by atoms with Crippen molar-refractivity contribution < 1.29 is 19.1 Å². The standard InChI is InChI=1S/C15H19NO4/c1-3-20-15(19)10-14(18)16-13(11(2)17)9-12-7-5-4-6-8-12/h4-8,13H,3,9-10H2,1-2H3,(H,16,18). The number of benzene rings is 1. The Balaban J connectivity index is 2.57. The molecule has 1 rings (SSSR count). The quantitative estimate of drug-likeness (QED) is 0.601. The number of nitrogens with one attached hydrogen (secondary N) is 1. The van der Waals surface area contributed by atoms with E-state index < -0.39 is 17.9 Å². The van der Waals surface area contributed by atoms with E-state index in [-0.39, 0.29) is 18.8 Å². The van der Waals surface area contributed by atoms with Gasteiger partial charge in [0.25, 0.3) is 0 Å². The minimum absolute atomic E-state index is 0.147. The van der Waals surface area contributed by atoms with Crippen LogP contribution < -0.4 is 5.32 Å². The third kappa shape index (κ3) is 5.65. The fourth-order valence-corrected chi connectivity index (χ4v) is 1.73. The van der Waals surface area contributed by atoms with Gasteiger partial charge in [-0.1, -0.05) is 30.3 Å². The molecule has 1 amide bonds. The molecule has 0 radical (unpaired) electrons. The smallest absolute Gasteiger partial charge is 0.315 e. The highest BCUT2D eigenvalue weighted by molar-refractivity contribution is 5.96. The number of hydrogen-bond acceptors (Lipinski definition) is 4. The molecule has 0 fully saturated rings. The van der Waals surface area contributed by atoms with Crippen LogP contribution in [-0.2, 0) is 25.5 Å². The van der Waals surface area contributed by atoms with Crippen molar-refractivity contribution in [3.05, 3.63) is 35.9 Å². The summed E-state index contributed by atoms with van der Waals surface area (Å²) in [7, 11) is 0. The average molecular weight is 277 g/mol. The van der Waals surface area contributed by atoms with E-state index in [1.807, 2.05) is 30.3 Å². The van der Waals surface area contributed by atoms with Gasteiger partial charge >= 0.3 is 5.97 Å². The van der Waals surface area contributed by atoms with Crippen molar-refractivity contribution in [1.82, 2.24) is 5.32 Å². The summed E-state index contributed by atoms with van der Waals surface area (Å²) in [6.07, 6.45) is 0.0388. The van der Waals surface area contributed by atoms with Crippen molar-refractivity contribution in [1.29, 1.82) is 0 Å². The minimum Gasteiger partial charge on any atom is -0.466 e. The normalized spacial score (nSPS) is 11.5. The van der Waals surface area contributed by atoms with E-state index in [0.29, 0.717) is 6.42 Å². The first-order valence-corrected chi connectivity index (χ1v) is 6.52. The molecule has 20 heavy (non-hydrogen) atoms. The minimum atomic E-state index is -0.626. The Bertz CT molecular complexity index is 470. The Morgan fingerprint density at radius 3 is 2.40 bits per heavy atom. The number of hydrogen-bond donors (Lipinski definition) is 1. The third-order valence-electron chi connectivity index (χ3n) is 2.72. The van der Waals surface area contributed by atoms with Crippen molar-refractivity contribution in [2.75, 3.05) is 6.61 Å². The number of amides is 1. The highest BCUT2D eigenvalue weighted by Crippen LogP contribution is 2.04. The van der Waals surface area contributed by atoms with Crippen LogP contribution in [0.5, 0.6) is 0 Å². The van der Waals surface area contributed by atoms with Gasteiger partial charge in [-0.25, -0.2) is 0 Å². The molecule has 0 spiro atoms. The molecule has 0 saturated heterocycles. The van der Waals surface area contributed by atoms with E-state index >= 15 is 0 Å². The lowest BCUT2D eigenvalue weighted by Crippen LogP contribution is -2.42. The molecule has 108 valence electrons. The summed E-state index contributed by atoms with van der Waals surface area (Å²) >= 11 is 0. The summed E-state index contributed by atoms with van der Waals surface area (Å²) in [5.41, 5.74) is 0.948. The van der Waals surface area contributed by atoms with Crippen molar-refractivity contribution in [3.8, 4) is 0 Å². The van der Waals surface area contributed by atoms with E-state index in [0.717, 1.165) is 5.56 Å². The van der Waals surface area contributed by atoms with Crippen LogP contribution in [0.2, 0.25) is 0 Å². The van der Waals surface area contributed by atoms with E-state index in [1.54, 1.807) is 6.92 Å². The number of ketones is 1. The molecule has 1 unspecified atom stereocenters. The maximum atomic E-state index is 11.7. The summed E-state index contributed by atoms with van der Waals surface area (Å²) in [5, 5.41) is 2.56. The lowest BCUT2D eigenvalue weighted by molar-refractivity contribution is -0.146. The van der Waals surface area contributed by atoms with Crippen LogP contribution in [-0.4, -0.2) is 30.3 Å². The fraction of sp³-hybridized carbons (Fsp3) is 0.400. The maximum Gasteiger partial charge on any atom is 0.315 e. The first-order valence-electron chi connectivity index (χ1n) is 6.52. The van der Waals surface area contributed by atoms with Gasteiger partial charge in [-0.05, 0) is 25.8 Å². The monoisotopic (exact) mass is 277 g/mol. The Labute approximate surface area is 118 Å². The molecular weight excluding hydrogens is 258 g/mol. The molecule has 0 bridgehead atoms. The Morgan fingerprint density at radius 2 is 1.85 bits per heavy atom. The zero-order chi connectivity index (χ0) is 15.0. The molecule has 1 atom stereocenters. The maximum absolute atomic E-state index is 11.7. The van der Waals surface area contributed by atoms with Crippen LogP contribution in [0.4, 0.5) is 0 Å². The Kier molecular flexibility index (Phi) is 6.43. The molecule has 5 nitrogen and oxygen atoms in total. The largest absolute Gasteiger partial charge is 0.466 e. The number of esters is 1. The van der Waals surface area contributed by atoms with Crippen molar-refractivity contribution in [2.45, 2.75) is 32.7 Å². The van der Waals surface area contributed by atoms with Crippen LogP contribution in [0.15, 0.2) is 30.3 Å². The van der Waals surface area contributed by atoms with Crippen molar-refractivity contribution >= 4 is 17.7 Å². The predicted octanol–water partition coefficient (Wildman–Crippen LogP) is 1.26. The number of carbonyl (C=O) groups is 3. The van der Waals surface area contributed by atoms with Gasteiger partial charge in [0.05, 0.1) is 12.6 Å². The van der Waals surface area contributed by atoms with Crippen LogP contribution in [0.3, 0.4) is 0 Å². The van der Waals surface area contributed by atoms with Gasteiger partial charge in [0.2, 0.25) is 5.91 Å². The second-order valence-corrected chi connectivity index (χ2v) is 4.40. The molecule has 0 saturated carbocycles. The van der Waals surface area contributed by atoms with Gasteiger partial charge in [-0.3, -0.25) is 14.4 Å². The molecule has 1 N–H and O–H groups in total. The molecule has 0 aromatic heterocycles. The number of rotatable bonds is 7. The first kappa shape index (κ1) is 15.9. The van der Waals surface area contributed by atoms with Crippen LogP contribution in [0, 0.1) is 0 Å². The van der Waals surface area contributed by atoms with Gasteiger partial charge in [-0.2, -0.15) is 0 Å². The van der Waals surface area contributed by atoms with Gasteiger partial charge in [0.1, 0.15) is 6.42 Å². The predicted molar refractivity (Wildman–Crippen MR) is 74.0 cm³/mol. The molecular formula is C15H19NO4. The van der Waals surface area contributed by atoms with Crippen LogP contribution in [0.1, 0.15) is 25.8 Å². The van der Waals surface area contributed by atoms with E-state index in [2.05, 4.69) is 10.1 Å². The first-order chi connectivity index (χ1) is 9.52. The fourth-order valence-electron chi connectivity index (χ4n) is 1.73. The summed E-state index contributed by atoms with van der Waals surface area (Å²) in [6, 6.07) is 8.76.